The van der Waals surface area contributed by atoms with Gasteiger partial charge in [-0.25, -0.2) is 8.42 Å². The van der Waals surface area contributed by atoms with Gasteiger partial charge in [-0.3, -0.25) is 0 Å². The normalized spacial score (nSPS) is 23.2. The third kappa shape index (κ3) is 2.34. The second-order valence-electron chi connectivity index (χ2n) is 5.46. The maximum Gasteiger partial charge on any atom is 0.243 e. The molecule has 0 fully saturated rings. The monoisotopic (exact) mass is 289 g/mol. The lowest BCUT2D eigenvalue weighted by Crippen LogP contribution is -2.42. The molecule has 20 heavy (non-hydrogen) atoms. The summed E-state index contributed by atoms with van der Waals surface area (Å²) in [4.78, 5) is 0.454. The van der Waals surface area contributed by atoms with Crippen LogP contribution in [0.5, 0.6) is 0 Å². The molecule has 4 heteroatoms. The van der Waals surface area contributed by atoms with E-state index < -0.39 is 10.0 Å². The molecule has 1 unspecified atom stereocenters. The van der Waals surface area contributed by atoms with Crippen molar-refractivity contribution >= 4 is 10.0 Å². The summed E-state index contributed by atoms with van der Waals surface area (Å²) in [5.74, 6) is 0. The first kappa shape index (κ1) is 13.6. The van der Waals surface area contributed by atoms with Crippen LogP contribution < -0.4 is 0 Å². The second-order valence-corrected chi connectivity index (χ2v) is 7.35. The SMILES string of the molecule is CC1Cc2ccccc2CN1S(=O)(=O)C1=CCCC=C1. The van der Waals surface area contributed by atoms with Crippen molar-refractivity contribution in [2.45, 2.75) is 38.8 Å². The van der Waals surface area contributed by atoms with Gasteiger partial charge in [0.2, 0.25) is 10.0 Å². The second kappa shape index (κ2) is 5.19. The van der Waals surface area contributed by atoms with Crippen molar-refractivity contribution in [2.75, 3.05) is 0 Å². The molecule has 1 aliphatic heterocycles. The van der Waals surface area contributed by atoms with E-state index in [1.807, 2.05) is 37.3 Å². The summed E-state index contributed by atoms with van der Waals surface area (Å²) in [6.45, 7) is 2.46. The van der Waals surface area contributed by atoms with Crippen LogP contribution in [0, 0.1) is 0 Å². The van der Waals surface area contributed by atoms with E-state index >= 15 is 0 Å². The van der Waals surface area contributed by atoms with Crippen molar-refractivity contribution in [1.82, 2.24) is 4.31 Å². The van der Waals surface area contributed by atoms with Crippen molar-refractivity contribution in [3.8, 4) is 0 Å². The van der Waals surface area contributed by atoms with E-state index in [-0.39, 0.29) is 6.04 Å². The van der Waals surface area contributed by atoms with E-state index in [0.717, 1.165) is 24.8 Å². The Kier molecular flexibility index (Phi) is 3.52. The summed E-state index contributed by atoms with van der Waals surface area (Å²) in [6, 6.07) is 8.11. The van der Waals surface area contributed by atoms with Crippen molar-refractivity contribution in [2.24, 2.45) is 0 Å². The minimum Gasteiger partial charge on any atom is -0.207 e. The van der Waals surface area contributed by atoms with Crippen molar-refractivity contribution in [3.63, 3.8) is 0 Å². The van der Waals surface area contributed by atoms with Crippen molar-refractivity contribution < 1.29 is 8.42 Å². The summed E-state index contributed by atoms with van der Waals surface area (Å²) < 4.78 is 27.2. The third-order valence-electron chi connectivity index (χ3n) is 4.02. The van der Waals surface area contributed by atoms with E-state index in [1.54, 1.807) is 10.4 Å². The molecule has 0 aromatic heterocycles. The van der Waals surface area contributed by atoms with Gasteiger partial charge in [-0.1, -0.05) is 36.4 Å². The average molecular weight is 289 g/mol. The number of nitrogens with zero attached hydrogens (tertiary/aromatic N) is 1. The Hall–Kier alpha value is -1.39. The van der Waals surface area contributed by atoms with Gasteiger partial charge in [0.05, 0.1) is 4.91 Å². The number of sulfonamides is 1. The van der Waals surface area contributed by atoms with Gasteiger partial charge in [0.25, 0.3) is 0 Å². The Balaban J connectivity index is 1.95. The minimum atomic E-state index is -3.37. The lowest BCUT2D eigenvalue weighted by Gasteiger charge is -2.34. The van der Waals surface area contributed by atoms with Crippen molar-refractivity contribution in [3.05, 3.63) is 58.5 Å². The topological polar surface area (TPSA) is 37.4 Å². The van der Waals surface area contributed by atoms with Gasteiger partial charge in [0.15, 0.2) is 0 Å². The molecule has 0 spiro atoms. The fourth-order valence-electron chi connectivity index (χ4n) is 2.89. The molecular weight excluding hydrogens is 270 g/mol. The molecule has 0 bridgehead atoms. The first-order valence-electron chi connectivity index (χ1n) is 7.04. The number of benzene rings is 1. The van der Waals surface area contributed by atoms with Gasteiger partial charge < -0.3 is 0 Å². The molecule has 0 saturated carbocycles. The summed E-state index contributed by atoms with van der Waals surface area (Å²) in [5.41, 5.74) is 2.38. The van der Waals surface area contributed by atoms with Crippen LogP contribution in [-0.4, -0.2) is 18.8 Å². The highest BCUT2D eigenvalue weighted by Crippen LogP contribution is 2.29. The maximum absolute atomic E-state index is 12.8. The minimum absolute atomic E-state index is 0.00567. The molecule has 1 heterocycles. The molecule has 1 atom stereocenters. The molecule has 0 radical (unpaired) electrons. The molecule has 106 valence electrons. The van der Waals surface area contributed by atoms with E-state index in [9.17, 15) is 8.42 Å². The van der Waals surface area contributed by atoms with E-state index in [4.69, 9.17) is 0 Å². The fraction of sp³-hybridized carbons (Fsp3) is 0.375. The van der Waals surface area contributed by atoms with Crippen LogP contribution >= 0.6 is 0 Å². The fourth-order valence-corrected chi connectivity index (χ4v) is 4.62. The van der Waals surface area contributed by atoms with Crippen LogP contribution in [0.25, 0.3) is 0 Å². The zero-order valence-electron chi connectivity index (χ0n) is 11.6. The predicted octanol–water partition coefficient (Wildman–Crippen LogP) is 3.00. The molecule has 1 aliphatic carbocycles. The predicted molar refractivity (Wildman–Crippen MR) is 80.5 cm³/mol. The summed E-state index contributed by atoms with van der Waals surface area (Å²) >= 11 is 0. The first-order chi connectivity index (χ1) is 9.59. The highest BCUT2D eigenvalue weighted by atomic mass is 32.2. The Morgan fingerprint density at radius 3 is 2.60 bits per heavy atom. The van der Waals surface area contributed by atoms with Crippen LogP contribution in [0.1, 0.15) is 30.9 Å². The number of hydrogen-bond acceptors (Lipinski definition) is 2. The van der Waals surface area contributed by atoms with Gasteiger partial charge in [0, 0.05) is 12.6 Å². The third-order valence-corrected chi connectivity index (χ3v) is 6.02. The summed E-state index contributed by atoms with van der Waals surface area (Å²) in [5, 5.41) is 0. The average Bonchev–Trinajstić information content (AvgIpc) is 2.47. The first-order valence-corrected chi connectivity index (χ1v) is 8.48. The number of hydrogen-bond donors (Lipinski definition) is 0. The van der Waals surface area contributed by atoms with Crippen LogP contribution in [0.3, 0.4) is 0 Å². The molecular formula is C16H19NO2S. The highest BCUT2D eigenvalue weighted by Gasteiger charge is 2.33. The molecule has 0 saturated heterocycles. The molecule has 3 nitrogen and oxygen atoms in total. The molecule has 0 N–H and O–H groups in total. The van der Waals surface area contributed by atoms with Gasteiger partial charge in [-0.05, 0) is 43.4 Å². The van der Waals surface area contributed by atoms with Crippen LogP contribution in [0.2, 0.25) is 0 Å². The number of fused-ring (bicyclic) bond motifs is 1. The largest absolute Gasteiger partial charge is 0.243 e. The van der Waals surface area contributed by atoms with Gasteiger partial charge in [-0.15, -0.1) is 0 Å². The summed E-state index contributed by atoms with van der Waals surface area (Å²) in [6.07, 6.45) is 8.04. The molecule has 1 aromatic rings. The quantitative estimate of drug-likeness (QED) is 0.839. The Bertz CT molecular complexity index is 673. The number of rotatable bonds is 2. The highest BCUT2D eigenvalue weighted by molar-refractivity contribution is 7.93. The van der Waals surface area contributed by atoms with Crippen LogP contribution in [-0.2, 0) is 23.0 Å². The lowest BCUT2D eigenvalue weighted by atomic mass is 9.97. The van der Waals surface area contributed by atoms with Gasteiger partial charge in [-0.2, -0.15) is 4.31 Å². The van der Waals surface area contributed by atoms with Gasteiger partial charge >= 0.3 is 0 Å². The number of allylic oxidation sites excluding steroid dienone is 3. The molecule has 2 aliphatic rings. The zero-order valence-corrected chi connectivity index (χ0v) is 12.4. The molecule has 1 aromatic carbocycles. The van der Waals surface area contributed by atoms with Crippen molar-refractivity contribution in [1.29, 1.82) is 0 Å². The van der Waals surface area contributed by atoms with E-state index in [0.29, 0.717) is 11.4 Å². The molecule has 3 rings (SSSR count). The molecule has 0 amide bonds. The lowest BCUT2D eigenvalue weighted by molar-refractivity contribution is 0.312. The smallest absolute Gasteiger partial charge is 0.207 e. The summed E-state index contributed by atoms with van der Waals surface area (Å²) in [7, 11) is -3.37. The van der Waals surface area contributed by atoms with Crippen LogP contribution in [0.4, 0.5) is 0 Å². The zero-order chi connectivity index (χ0) is 14.2. The Morgan fingerprint density at radius 1 is 1.15 bits per heavy atom. The maximum atomic E-state index is 12.8. The Labute approximate surface area is 120 Å². The van der Waals surface area contributed by atoms with Gasteiger partial charge in [0.1, 0.15) is 0 Å². The van der Waals surface area contributed by atoms with E-state index in [2.05, 4.69) is 6.07 Å². The van der Waals surface area contributed by atoms with E-state index in [1.165, 1.54) is 5.56 Å². The standard InChI is InChI=1S/C16H19NO2S/c1-13-11-14-7-5-6-8-15(14)12-17(13)20(18,19)16-9-3-2-4-10-16/h3,5-10,13H,2,4,11-12H2,1H3. The Morgan fingerprint density at radius 2 is 1.90 bits per heavy atom. The van der Waals surface area contributed by atoms with Crippen LogP contribution in [0.15, 0.2) is 47.4 Å².